The third-order valence-electron chi connectivity index (χ3n) is 6.04. The number of hydrogen-bond acceptors (Lipinski definition) is 12. The van der Waals surface area contributed by atoms with Gasteiger partial charge < -0.3 is 42.3 Å². The molecule has 0 aromatic rings. The molecule has 1 rings (SSSR count). The summed E-state index contributed by atoms with van der Waals surface area (Å²) in [4.78, 5) is 53.7. The first kappa shape index (κ1) is 36.8. The lowest BCUT2D eigenvalue weighted by atomic mass is 10.1. The molecule has 1 aliphatic heterocycles. The largest absolute Gasteiger partial charge is 0.396 e. The molecule has 1 aliphatic rings. The van der Waals surface area contributed by atoms with E-state index in [0.717, 1.165) is 6.29 Å². The van der Waals surface area contributed by atoms with Gasteiger partial charge in [-0.05, 0) is 19.9 Å². The van der Waals surface area contributed by atoms with Crippen LogP contribution in [0.25, 0.3) is 0 Å². The van der Waals surface area contributed by atoms with Gasteiger partial charge in [0.05, 0.1) is 52.6 Å². The minimum Gasteiger partial charge on any atom is -0.396 e. The molecular formula is C24H50N8O7. The number of aliphatic hydroxyl groups is 1. The Balaban J connectivity index is 0.00000704. The van der Waals surface area contributed by atoms with Crippen molar-refractivity contribution in [2.24, 2.45) is 22.9 Å². The molecule has 1 atom stereocenters. The molecule has 9 N–H and O–H groups in total. The maximum Gasteiger partial charge on any atom is 0.231 e. The van der Waals surface area contributed by atoms with Crippen molar-refractivity contribution in [1.82, 2.24) is 19.6 Å². The Labute approximate surface area is 231 Å². The van der Waals surface area contributed by atoms with E-state index in [1.165, 1.54) is 7.05 Å². The van der Waals surface area contributed by atoms with Crippen molar-refractivity contribution in [3.63, 3.8) is 0 Å². The summed E-state index contributed by atoms with van der Waals surface area (Å²) in [6.45, 7) is 4.97. The third kappa shape index (κ3) is 19.5. The molecule has 0 saturated carbocycles. The molecule has 1 unspecified atom stereocenters. The topological polar surface area (TPSA) is 224 Å². The first-order valence-electron chi connectivity index (χ1n) is 13.3. The molecule has 0 aromatic heterocycles. The summed E-state index contributed by atoms with van der Waals surface area (Å²) in [7, 11) is 1.50. The van der Waals surface area contributed by atoms with Crippen LogP contribution in [0.1, 0.15) is 12.8 Å². The zero-order valence-electron chi connectivity index (χ0n) is 23.4. The van der Waals surface area contributed by atoms with Crippen LogP contribution in [-0.2, 0) is 28.7 Å². The third-order valence-corrected chi connectivity index (χ3v) is 6.04. The highest BCUT2D eigenvalue weighted by Crippen LogP contribution is 2.10. The van der Waals surface area contributed by atoms with Gasteiger partial charge in [0.1, 0.15) is 6.29 Å². The van der Waals surface area contributed by atoms with Crippen LogP contribution in [0.4, 0.5) is 0 Å². The van der Waals surface area contributed by atoms with Crippen LogP contribution >= 0.6 is 0 Å². The van der Waals surface area contributed by atoms with Crippen LogP contribution in [0.15, 0.2) is 0 Å². The van der Waals surface area contributed by atoms with E-state index in [1.54, 1.807) is 0 Å². The SMILES string of the molecule is CN.NC(=O)CN1CCOCCN(CC(N)=O)CC(CCCO)N(CC(N)=O)CCOCCN(CC=O)CC1. The number of primary amides is 3. The zero-order chi connectivity index (χ0) is 29.5. The van der Waals surface area contributed by atoms with Crippen LogP contribution in [-0.4, -0.2) is 167 Å². The van der Waals surface area contributed by atoms with Crippen LogP contribution in [0.3, 0.4) is 0 Å². The van der Waals surface area contributed by atoms with E-state index >= 15 is 0 Å². The molecule has 39 heavy (non-hydrogen) atoms. The Morgan fingerprint density at radius 2 is 1.26 bits per heavy atom. The zero-order valence-corrected chi connectivity index (χ0v) is 23.4. The molecule has 3 amide bonds. The number of aliphatic hydroxyl groups excluding tert-OH is 1. The van der Waals surface area contributed by atoms with Crippen LogP contribution in [0.2, 0.25) is 0 Å². The molecule has 1 fully saturated rings. The van der Waals surface area contributed by atoms with Gasteiger partial charge in [-0.15, -0.1) is 0 Å². The van der Waals surface area contributed by atoms with Crippen molar-refractivity contribution in [3.8, 4) is 0 Å². The number of hydrogen-bond donors (Lipinski definition) is 5. The summed E-state index contributed by atoms with van der Waals surface area (Å²) in [5.74, 6) is -1.42. The van der Waals surface area contributed by atoms with Gasteiger partial charge >= 0.3 is 0 Å². The predicted octanol–water partition coefficient (Wildman–Crippen LogP) is -4.39. The monoisotopic (exact) mass is 562 g/mol. The fraction of sp³-hybridized carbons (Fsp3) is 0.833. The van der Waals surface area contributed by atoms with Crippen molar-refractivity contribution in [1.29, 1.82) is 0 Å². The van der Waals surface area contributed by atoms with Crippen molar-refractivity contribution in [3.05, 3.63) is 0 Å². The lowest BCUT2D eigenvalue weighted by Crippen LogP contribution is -2.50. The van der Waals surface area contributed by atoms with E-state index in [2.05, 4.69) is 5.73 Å². The molecule has 15 heteroatoms. The van der Waals surface area contributed by atoms with E-state index in [1.807, 2.05) is 19.6 Å². The molecular weight excluding hydrogens is 512 g/mol. The Hall–Kier alpha value is -2.24. The summed E-state index contributed by atoms with van der Waals surface area (Å²) < 4.78 is 11.6. The number of nitrogens with zero attached hydrogens (tertiary/aromatic N) is 4. The predicted molar refractivity (Wildman–Crippen MR) is 146 cm³/mol. The number of aldehydes is 1. The van der Waals surface area contributed by atoms with Gasteiger partial charge in [-0.3, -0.25) is 34.0 Å². The second-order valence-corrected chi connectivity index (χ2v) is 9.09. The first-order chi connectivity index (χ1) is 18.7. The normalized spacial score (nSPS) is 20.6. The summed E-state index contributed by atoms with van der Waals surface area (Å²) >= 11 is 0. The molecule has 15 nitrogen and oxygen atoms in total. The summed E-state index contributed by atoms with van der Waals surface area (Å²) in [5, 5.41) is 9.40. The molecule has 0 radical (unpaired) electrons. The lowest BCUT2D eigenvalue weighted by Gasteiger charge is -2.35. The smallest absolute Gasteiger partial charge is 0.231 e. The average molecular weight is 563 g/mol. The second kappa shape index (κ2) is 23.6. The second-order valence-electron chi connectivity index (χ2n) is 9.09. The van der Waals surface area contributed by atoms with Gasteiger partial charge in [0.25, 0.3) is 0 Å². The maximum absolute atomic E-state index is 11.8. The van der Waals surface area contributed by atoms with Crippen molar-refractivity contribution in [2.75, 3.05) is 112 Å². The fourth-order valence-corrected chi connectivity index (χ4v) is 4.20. The molecule has 1 heterocycles. The Kier molecular flexibility index (Phi) is 22.3. The van der Waals surface area contributed by atoms with E-state index < -0.39 is 17.7 Å². The van der Waals surface area contributed by atoms with Crippen LogP contribution < -0.4 is 22.9 Å². The Morgan fingerprint density at radius 1 is 0.769 bits per heavy atom. The highest BCUT2D eigenvalue weighted by Gasteiger charge is 2.24. The van der Waals surface area contributed by atoms with Crippen molar-refractivity contribution < 1.29 is 33.8 Å². The van der Waals surface area contributed by atoms with E-state index in [0.29, 0.717) is 85.1 Å². The molecule has 0 aliphatic carbocycles. The molecule has 0 bridgehead atoms. The van der Waals surface area contributed by atoms with Gasteiger partial charge in [-0.25, -0.2) is 0 Å². The number of carbonyl (C=O) groups is 4. The van der Waals surface area contributed by atoms with Gasteiger partial charge in [0.15, 0.2) is 0 Å². The van der Waals surface area contributed by atoms with Crippen LogP contribution in [0, 0.1) is 0 Å². The Bertz CT molecular complexity index is 689. The highest BCUT2D eigenvalue weighted by atomic mass is 16.5. The highest BCUT2D eigenvalue weighted by molar-refractivity contribution is 5.76. The molecule has 0 spiro atoms. The van der Waals surface area contributed by atoms with Gasteiger partial charge in [0, 0.05) is 58.5 Å². The summed E-state index contributed by atoms with van der Waals surface area (Å²) in [6.07, 6.45) is 1.92. The Morgan fingerprint density at radius 3 is 1.79 bits per heavy atom. The van der Waals surface area contributed by atoms with Crippen LogP contribution in [0.5, 0.6) is 0 Å². The van der Waals surface area contributed by atoms with Crippen molar-refractivity contribution in [2.45, 2.75) is 18.9 Å². The van der Waals surface area contributed by atoms with E-state index in [9.17, 15) is 24.3 Å². The molecule has 228 valence electrons. The standard InChI is InChI=1S/C23H45N7O7.CH5N/c24-21(33)17-28-4-3-27(5-11-32)6-12-37-15-9-30(19-23(26)35)20(2-1-10-31)16-29(18-22(25)34)8-14-36-13-7-28;1-2/h11,20,31H,1-10,12-19H2,(H2,24,33)(H2,25,34)(H2,26,35);2H2,1H3. The first-order valence-corrected chi connectivity index (χ1v) is 13.3. The number of rotatable bonds is 11. The van der Waals surface area contributed by atoms with Gasteiger partial charge in [-0.1, -0.05) is 0 Å². The number of carbonyl (C=O) groups excluding carboxylic acids is 4. The molecule has 0 aromatic carbocycles. The van der Waals surface area contributed by atoms with Gasteiger partial charge in [-0.2, -0.15) is 0 Å². The number of amides is 3. The molecule has 1 saturated heterocycles. The maximum atomic E-state index is 11.8. The number of ether oxygens (including phenoxy) is 2. The van der Waals surface area contributed by atoms with E-state index in [-0.39, 0.29) is 38.8 Å². The van der Waals surface area contributed by atoms with Crippen molar-refractivity contribution >= 4 is 24.0 Å². The van der Waals surface area contributed by atoms with E-state index in [4.69, 9.17) is 26.7 Å². The summed E-state index contributed by atoms with van der Waals surface area (Å²) in [5.41, 5.74) is 20.9. The average Bonchev–Trinajstić information content (AvgIpc) is 2.87. The van der Waals surface area contributed by atoms with Gasteiger partial charge in [0.2, 0.25) is 17.7 Å². The minimum atomic E-state index is -0.487. The minimum absolute atomic E-state index is 0.00727. The number of nitrogens with two attached hydrogens (primary N) is 4. The summed E-state index contributed by atoms with van der Waals surface area (Å²) in [6, 6.07) is -0.181. The fourth-order valence-electron chi connectivity index (χ4n) is 4.20. The quantitative estimate of drug-likeness (QED) is 0.151. The lowest BCUT2D eigenvalue weighted by molar-refractivity contribution is -0.121.